The van der Waals surface area contributed by atoms with E-state index in [1.165, 1.54) is 6.20 Å². The molecule has 1 saturated heterocycles. The van der Waals surface area contributed by atoms with Crippen molar-refractivity contribution in [2.24, 2.45) is 0 Å². The molecule has 90 valence electrons. The van der Waals surface area contributed by atoms with Gasteiger partial charge in [-0.25, -0.2) is 4.98 Å². The fourth-order valence-corrected chi connectivity index (χ4v) is 1.97. The third-order valence-electron chi connectivity index (χ3n) is 2.90. The van der Waals surface area contributed by atoms with Crippen molar-refractivity contribution >= 4 is 11.5 Å². The molecule has 1 aromatic rings. The van der Waals surface area contributed by atoms with Crippen LogP contribution in [0.5, 0.6) is 0 Å². The number of nitrogens with two attached hydrogens (primary N) is 1. The number of nitrogens with zero attached hydrogens (tertiary/aromatic N) is 2. The molecule has 3 N–H and O–H groups in total. The molecule has 2 heterocycles. The summed E-state index contributed by atoms with van der Waals surface area (Å²) in [7, 11) is 0. The summed E-state index contributed by atoms with van der Waals surface area (Å²) in [5.74, 6) is 0.622. The number of pyridine rings is 1. The molecule has 1 aliphatic heterocycles. The minimum Gasteiger partial charge on any atom is -0.396 e. The predicted molar refractivity (Wildman–Crippen MR) is 65.4 cm³/mol. The van der Waals surface area contributed by atoms with Gasteiger partial charge in [0.05, 0.1) is 23.4 Å². The minimum absolute atomic E-state index is 0.131. The Labute approximate surface area is 101 Å². The van der Waals surface area contributed by atoms with Gasteiger partial charge in [0.1, 0.15) is 11.9 Å². The first-order valence-corrected chi connectivity index (χ1v) is 5.64. The van der Waals surface area contributed by atoms with Crippen molar-refractivity contribution in [3.05, 3.63) is 17.8 Å². The van der Waals surface area contributed by atoms with Gasteiger partial charge in [-0.05, 0) is 25.8 Å². The number of rotatable bonds is 2. The first-order chi connectivity index (χ1) is 8.13. The van der Waals surface area contributed by atoms with E-state index in [2.05, 4.69) is 17.2 Å². The van der Waals surface area contributed by atoms with Crippen LogP contribution in [0.1, 0.15) is 25.3 Å². The van der Waals surface area contributed by atoms with E-state index in [-0.39, 0.29) is 5.54 Å². The summed E-state index contributed by atoms with van der Waals surface area (Å²) in [5, 5.41) is 12.0. The Morgan fingerprint density at radius 3 is 3.06 bits per heavy atom. The van der Waals surface area contributed by atoms with Gasteiger partial charge in [-0.15, -0.1) is 0 Å². The van der Waals surface area contributed by atoms with Gasteiger partial charge in [0.15, 0.2) is 0 Å². The average Bonchev–Trinajstić information content (AvgIpc) is 2.32. The van der Waals surface area contributed by atoms with Crippen molar-refractivity contribution in [1.29, 1.82) is 5.26 Å². The van der Waals surface area contributed by atoms with Crippen LogP contribution < -0.4 is 11.1 Å². The van der Waals surface area contributed by atoms with Crippen LogP contribution in [0.4, 0.5) is 11.5 Å². The molecule has 0 saturated carbocycles. The highest BCUT2D eigenvalue weighted by molar-refractivity contribution is 5.64. The summed E-state index contributed by atoms with van der Waals surface area (Å²) in [6.07, 6.45) is 3.57. The number of anilines is 2. The zero-order chi connectivity index (χ0) is 12.3. The lowest BCUT2D eigenvalue weighted by molar-refractivity contribution is 0.0539. The Hall–Kier alpha value is -1.80. The van der Waals surface area contributed by atoms with Gasteiger partial charge in [0.25, 0.3) is 0 Å². The standard InChI is InChI=1S/C12H16N4O/c1-12(3-2-4-17-8-12)16-11-10(14)5-9(6-13)7-15-11/h5,7H,2-4,8,14H2,1H3,(H,15,16). The molecule has 5 nitrogen and oxygen atoms in total. The molecule has 0 aromatic carbocycles. The van der Waals surface area contributed by atoms with Gasteiger partial charge in [0, 0.05) is 12.8 Å². The summed E-state index contributed by atoms with van der Waals surface area (Å²) < 4.78 is 5.46. The van der Waals surface area contributed by atoms with Crippen molar-refractivity contribution in [3.63, 3.8) is 0 Å². The quantitative estimate of drug-likeness (QED) is 0.807. The monoisotopic (exact) mass is 232 g/mol. The third kappa shape index (κ3) is 2.66. The van der Waals surface area contributed by atoms with Crippen molar-refractivity contribution < 1.29 is 4.74 Å². The van der Waals surface area contributed by atoms with E-state index in [1.807, 2.05) is 6.07 Å². The van der Waals surface area contributed by atoms with Gasteiger partial charge >= 0.3 is 0 Å². The molecule has 0 amide bonds. The molecule has 1 aliphatic rings. The molecule has 1 fully saturated rings. The second-order valence-corrected chi connectivity index (χ2v) is 4.62. The molecule has 0 spiro atoms. The van der Waals surface area contributed by atoms with Gasteiger partial charge < -0.3 is 15.8 Å². The van der Waals surface area contributed by atoms with E-state index in [1.54, 1.807) is 6.07 Å². The molecule has 1 atom stereocenters. The molecular formula is C12H16N4O. The first kappa shape index (κ1) is 11.7. The zero-order valence-corrected chi connectivity index (χ0v) is 9.86. The minimum atomic E-state index is -0.131. The molecule has 1 unspecified atom stereocenters. The average molecular weight is 232 g/mol. The van der Waals surface area contributed by atoms with Crippen LogP contribution in [0.2, 0.25) is 0 Å². The largest absolute Gasteiger partial charge is 0.396 e. The smallest absolute Gasteiger partial charge is 0.149 e. The van der Waals surface area contributed by atoms with Crippen LogP contribution in [0.15, 0.2) is 12.3 Å². The Bertz CT molecular complexity index is 446. The molecule has 0 radical (unpaired) electrons. The van der Waals surface area contributed by atoms with E-state index >= 15 is 0 Å². The van der Waals surface area contributed by atoms with Gasteiger partial charge in [0.2, 0.25) is 0 Å². The molecule has 0 bridgehead atoms. The fraction of sp³-hybridized carbons (Fsp3) is 0.500. The van der Waals surface area contributed by atoms with Crippen molar-refractivity contribution in [2.45, 2.75) is 25.3 Å². The van der Waals surface area contributed by atoms with E-state index in [9.17, 15) is 0 Å². The summed E-state index contributed by atoms with van der Waals surface area (Å²) in [4.78, 5) is 4.17. The number of nitrogen functional groups attached to an aromatic ring is 1. The number of nitriles is 1. The normalized spacial score (nSPS) is 24.0. The summed E-state index contributed by atoms with van der Waals surface area (Å²) in [6.45, 7) is 3.55. The Morgan fingerprint density at radius 1 is 1.65 bits per heavy atom. The molecule has 5 heteroatoms. The molecular weight excluding hydrogens is 216 g/mol. The maximum absolute atomic E-state index is 8.74. The van der Waals surface area contributed by atoms with E-state index < -0.39 is 0 Å². The topological polar surface area (TPSA) is 84.0 Å². The maximum Gasteiger partial charge on any atom is 0.149 e. The first-order valence-electron chi connectivity index (χ1n) is 5.64. The van der Waals surface area contributed by atoms with E-state index in [4.69, 9.17) is 15.7 Å². The third-order valence-corrected chi connectivity index (χ3v) is 2.90. The van der Waals surface area contributed by atoms with Gasteiger partial charge in [-0.1, -0.05) is 0 Å². The highest BCUT2D eigenvalue weighted by Gasteiger charge is 2.28. The molecule has 1 aromatic heterocycles. The Kier molecular flexibility index (Phi) is 3.16. The molecule has 17 heavy (non-hydrogen) atoms. The van der Waals surface area contributed by atoms with Crippen LogP contribution in [-0.2, 0) is 4.74 Å². The van der Waals surface area contributed by atoms with Crippen LogP contribution >= 0.6 is 0 Å². The summed E-state index contributed by atoms with van der Waals surface area (Å²) >= 11 is 0. The fourth-order valence-electron chi connectivity index (χ4n) is 1.97. The second kappa shape index (κ2) is 4.60. The highest BCUT2D eigenvalue weighted by atomic mass is 16.5. The zero-order valence-electron chi connectivity index (χ0n) is 9.86. The Balaban J connectivity index is 2.15. The van der Waals surface area contributed by atoms with E-state index in [0.717, 1.165) is 19.4 Å². The lowest BCUT2D eigenvalue weighted by Gasteiger charge is -2.35. The van der Waals surface area contributed by atoms with E-state index in [0.29, 0.717) is 23.7 Å². The maximum atomic E-state index is 8.74. The number of hydrogen-bond donors (Lipinski definition) is 2. The van der Waals surface area contributed by atoms with Crippen molar-refractivity contribution in [3.8, 4) is 6.07 Å². The predicted octanol–water partition coefficient (Wildman–Crippen LogP) is 1.52. The molecule has 2 rings (SSSR count). The van der Waals surface area contributed by atoms with Crippen molar-refractivity contribution in [2.75, 3.05) is 24.3 Å². The molecule has 0 aliphatic carbocycles. The van der Waals surface area contributed by atoms with Gasteiger partial charge in [-0.3, -0.25) is 0 Å². The summed E-state index contributed by atoms with van der Waals surface area (Å²) in [6, 6.07) is 3.64. The number of aromatic nitrogens is 1. The van der Waals surface area contributed by atoms with Gasteiger partial charge in [-0.2, -0.15) is 5.26 Å². The lowest BCUT2D eigenvalue weighted by Crippen LogP contribution is -2.43. The van der Waals surface area contributed by atoms with Crippen LogP contribution in [0.25, 0.3) is 0 Å². The Morgan fingerprint density at radius 2 is 2.47 bits per heavy atom. The second-order valence-electron chi connectivity index (χ2n) is 4.62. The highest BCUT2D eigenvalue weighted by Crippen LogP contribution is 2.26. The van der Waals surface area contributed by atoms with Crippen LogP contribution in [0, 0.1) is 11.3 Å². The van der Waals surface area contributed by atoms with Crippen molar-refractivity contribution in [1.82, 2.24) is 4.98 Å². The van der Waals surface area contributed by atoms with Crippen LogP contribution in [0.3, 0.4) is 0 Å². The number of nitrogens with one attached hydrogen (secondary N) is 1. The SMILES string of the molecule is CC1(Nc2ncc(C#N)cc2N)CCCOC1. The summed E-state index contributed by atoms with van der Waals surface area (Å²) in [5.41, 5.74) is 6.69. The number of ether oxygens (including phenoxy) is 1. The van der Waals surface area contributed by atoms with Crippen LogP contribution in [-0.4, -0.2) is 23.7 Å². The number of hydrogen-bond acceptors (Lipinski definition) is 5. The lowest BCUT2D eigenvalue weighted by atomic mass is 9.95.